The number of sulfonamides is 1. The largest absolute Gasteiger partial charge is 0.326 e. The molecule has 2 rings (SSSR count). The van der Waals surface area contributed by atoms with Crippen LogP contribution in [0.4, 0.5) is 4.39 Å². The van der Waals surface area contributed by atoms with E-state index in [9.17, 15) is 12.8 Å². The first kappa shape index (κ1) is 15.4. The Bertz CT molecular complexity index is 545. The highest BCUT2D eigenvalue weighted by Gasteiger charge is 2.36. The summed E-state index contributed by atoms with van der Waals surface area (Å²) in [7, 11) is -3.38. The molecule has 0 unspecified atom stereocenters. The van der Waals surface area contributed by atoms with Gasteiger partial charge in [-0.3, -0.25) is 0 Å². The molecule has 1 aliphatic rings. The van der Waals surface area contributed by atoms with Crippen LogP contribution >= 0.6 is 0 Å². The van der Waals surface area contributed by atoms with Gasteiger partial charge < -0.3 is 5.73 Å². The van der Waals surface area contributed by atoms with Crippen LogP contribution in [-0.4, -0.2) is 31.9 Å². The molecule has 6 heteroatoms. The van der Waals surface area contributed by atoms with Gasteiger partial charge in [0.2, 0.25) is 10.0 Å². The van der Waals surface area contributed by atoms with E-state index in [-0.39, 0.29) is 23.5 Å². The predicted octanol–water partition coefficient (Wildman–Crippen LogP) is 1.71. The number of nitrogens with zero attached hydrogens (tertiary/aromatic N) is 1. The lowest BCUT2D eigenvalue weighted by Crippen LogP contribution is -2.33. The standard InChI is InChI=1S/C14H21FN2O2S/c1-2-3-12-8-17(9-14(12)16)20(18,19)10-11-4-6-13(15)7-5-11/h4-7,12,14H,2-3,8-10,16H2,1H3/t12-,14-/m1/s1. The monoisotopic (exact) mass is 300 g/mol. The summed E-state index contributed by atoms with van der Waals surface area (Å²) in [6.45, 7) is 2.95. The van der Waals surface area contributed by atoms with Gasteiger partial charge in [0.25, 0.3) is 0 Å². The molecule has 0 spiro atoms. The van der Waals surface area contributed by atoms with Crippen LogP contribution in [0.25, 0.3) is 0 Å². The number of halogens is 1. The lowest BCUT2D eigenvalue weighted by Gasteiger charge is -2.16. The lowest BCUT2D eigenvalue weighted by atomic mass is 9.99. The van der Waals surface area contributed by atoms with E-state index >= 15 is 0 Å². The summed E-state index contributed by atoms with van der Waals surface area (Å²) >= 11 is 0. The van der Waals surface area contributed by atoms with Crippen molar-refractivity contribution >= 4 is 10.0 Å². The number of hydrogen-bond acceptors (Lipinski definition) is 3. The molecule has 0 radical (unpaired) electrons. The Morgan fingerprint density at radius 3 is 2.55 bits per heavy atom. The molecule has 1 aliphatic heterocycles. The highest BCUT2D eigenvalue weighted by molar-refractivity contribution is 7.88. The van der Waals surface area contributed by atoms with Crippen molar-refractivity contribution in [2.24, 2.45) is 11.7 Å². The fourth-order valence-electron chi connectivity index (χ4n) is 2.64. The van der Waals surface area contributed by atoms with Crippen molar-refractivity contribution < 1.29 is 12.8 Å². The van der Waals surface area contributed by atoms with Gasteiger partial charge in [-0.2, -0.15) is 4.31 Å². The molecule has 0 aromatic heterocycles. The Hall–Kier alpha value is -0.980. The topological polar surface area (TPSA) is 63.4 Å². The molecule has 1 aromatic rings. The van der Waals surface area contributed by atoms with Gasteiger partial charge >= 0.3 is 0 Å². The number of hydrogen-bond donors (Lipinski definition) is 1. The van der Waals surface area contributed by atoms with Crippen LogP contribution in [0.2, 0.25) is 0 Å². The summed E-state index contributed by atoms with van der Waals surface area (Å²) in [4.78, 5) is 0. The molecule has 0 amide bonds. The van der Waals surface area contributed by atoms with E-state index < -0.39 is 10.0 Å². The van der Waals surface area contributed by atoms with Gasteiger partial charge in [0.15, 0.2) is 0 Å². The minimum atomic E-state index is -3.38. The van der Waals surface area contributed by atoms with E-state index in [1.165, 1.54) is 28.6 Å². The Morgan fingerprint density at radius 2 is 1.95 bits per heavy atom. The summed E-state index contributed by atoms with van der Waals surface area (Å²) in [5.74, 6) is -0.223. The molecule has 0 saturated carbocycles. The first-order chi connectivity index (χ1) is 9.42. The fourth-order valence-corrected chi connectivity index (χ4v) is 4.26. The molecular formula is C14H21FN2O2S. The molecule has 1 saturated heterocycles. The summed E-state index contributed by atoms with van der Waals surface area (Å²) in [5, 5.41) is 0. The van der Waals surface area contributed by atoms with Gasteiger partial charge in [-0.25, -0.2) is 12.8 Å². The molecule has 20 heavy (non-hydrogen) atoms. The van der Waals surface area contributed by atoms with E-state index in [1.54, 1.807) is 0 Å². The van der Waals surface area contributed by atoms with Crippen molar-refractivity contribution in [1.29, 1.82) is 0 Å². The maximum Gasteiger partial charge on any atom is 0.218 e. The molecule has 1 fully saturated rings. The van der Waals surface area contributed by atoms with Crippen molar-refractivity contribution in [3.8, 4) is 0 Å². The van der Waals surface area contributed by atoms with E-state index in [4.69, 9.17) is 5.73 Å². The molecule has 2 atom stereocenters. The minimum absolute atomic E-state index is 0.0852. The first-order valence-corrected chi connectivity index (χ1v) is 8.51. The second-order valence-electron chi connectivity index (χ2n) is 5.41. The minimum Gasteiger partial charge on any atom is -0.326 e. The number of nitrogens with two attached hydrogens (primary N) is 1. The average molecular weight is 300 g/mol. The zero-order chi connectivity index (χ0) is 14.8. The van der Waals surface area contributed by atoms with Gasteiger partial charge in [0, 0.05) is 19.1 Å². The Kier molecular flexibility index (Phi) is 4.78. The predicted molar refractivity (Wildman–Crippen MR) is 77.0 cm³/mol. The van der Waals surface area contributed by atoms with E-state index in [2.05, 4.69) is 6.92 Å². The second-order valence-corrected chi connectivity index (χ2v) is 7.38. The van der Waals surface area contributed by atoms with E-state index in [0.29, 0.717) is 18.7 Å². The van der Waals surface area contributed by atoms with E-state index in [1.807, 2.05) is 0 Å². The quantitative estimate of drug-likeness (QED) is 0.900. The highest BCUT2D eigenvalue weighted by atomic mass is 32.2. The molecule has 0 bridgehead atoms. The van der Waals surface area contributed by atoms with Crippen LogP contribution in [0.3, 0.4) is 0 Å². The average Bonchev–Trinajstić information content (AvgIpc) is 2.75. The molecule has 112 valence electrons. The summed E-state index contributed by atoms with van der Waals surface area (Å²) < 4.78 is 39.0. The third-order valence-corrected chi connectivity index (χ3v) is 5.56. The van der Waals surface area contributed by atoms with Crippen LogP contribution in [0, 0.1) is 11.7 Å². The smallest absolute Gasteiger partial charge is 0.218 e. The van der Waals surface area contributed by atoms with Crippen LogP contribution in [-0.2, 0) is 15.8 Å². The van der Waals surface area contributed by atoms with E-state index in [0.717, 1.165) is 12.8 Å². The summed E-state index contributed by atoms with van der Waals surface area (Å²) in [6.07, 6.45) is 1.95. The molecule has 0 aliphatic carbocycles. The van der Waals surface area contributed by atoms with Crippen molar-refractivity contribution in [2.75, 3.05) is 13.1 Å². The van der Waals surface area contributed by atoms with Gasteiger partial charge in [-0.15, -0.1) is 0 Å². The van der Waals surface area contributed by atoms with Crippen LogP contribution < -0.4 is 5.73 Å². The highest BCUT2D eigenvalue weighted by Crippen LogP contribution is 2.24. The third kappa shape index (κ3) is 3.56. The van der Waals surface area contributed by atoms with Crippen molar-refractivity contribution in [2.45, 2.75) is 31.6 Å². The van der Waals surface area contributed by atoms with Crippen LogP contribution in [0.5, 0.6) is 0 Å². The van der Waals surface area contributed by atoms with Gasteiger partial charge in [-0.05, 0) is 30.0 Å². The van der Waals surface area contributed by atoms with Crippen LogP contribution in [0.15, 0.2) is 24.3 Å². The Morgan fingerprint density at radius 1 is 1.30 bits per heavy atom. The molecular weight excluding hydrogens is 279 g/mol. The molecule has 1 aromatic carbocycles. The zero-order valence-electron chi connectivity index (χ0n) is 11.6. The Labute approximate surface area is 119 Å². The molecule has 4 nitrogen and oxygen atoms in total. The molecule has 1 heterocycles. The summed E-state index contributed by atoms with van der Waals surface area (Å²) in [5.41, 5.74) is 6.61. The SMILES string of the molecule is CCC[C@@H]1CN(S(=O)(=O)Cc2ccc(F)cc2)C[C@H]1N. The first-order valence-electron chi connectivity index (χ1n) is 6.90. The summed E-state index contributed by atoms with van der Waals surface area (Å²) in [6, 6.07) is 5.48. The van der Waals surface area contributed by atoms with Gasteiger partial charge in [-0.1, -0.05) is 25.5 Å². The number of benzene rings is 1. The fraction of sp³-hybridized carbons (Fsp3) is 0.571. The molecule has 2 N–H and O–H groups in total. The maximum atomic E-state index is 12.8. The van der Waals surface area contributed by atoms with Crippen LogP contribution in [0.1, 0.15) is 25.3 Å². The van der Waals surface area contributed by atoms with Gasteiger partial charge in [0.05, 0.1) is 5.75 Å². The zero-order valence-corrected chi connectivity index (χ0v) is 12.4. The lowest BCUT2D eigenvalue weighted by molar-refractivity contribution is 0.438. The normalized spacial score (nSPS) is 24.1. The number of rotatable bonds is 5. The van der Waals surface area contributed by atoms with Gasteiger partial charge in [0.1, 0.15) is 5.82 Å². The Balaban J connectivity index is 2.06. The van der Waals surface area contributed by atoms with Crippen molar-refractivity contribution in [3.63, 3.8) is 0 Å². The van der Waals surface area contributed by atoms with Crippen molar-refractivity contribution in [1.82, 2.24) is 4.31 Å². The third-order valence-electron chi connectivity index (χ3n) is 3.77. The second kappa shape index (κ2) is 6.20. The van der Waals surface area contributed by atoms with Crippen molar-refractivity contribution in [3.05, 3.63) is 35.6 Å². The maximum absolute atomic E-state index is 12.8.